The molecule has 1 unspecified atom stereocenters. The summed E-state index contributed by atoms with van der Waals surface area (Å²) in [7, 11) is 0. The average Bonchev–Trinajstić information content (AvgIpc) is 3.03. The Morgan fingerprint density at radius 3 is 2.14 bits per heavy atom. The fourth-order valence-electron chi connectivity index (χ4n) is 3.23. The molecule has 1 aliphatic heterocycles. The van der Waals surface area contributed by atoms with Crippen molar-refractivity contribution >= 4 is 12.0 Å². The van der Waals surface area contributed by atoms with E-state index in [4.69, 9.17) is 4.74 Å². The Morgan fingerprint density at radius 2 is 1.57 bits per heavy atom. The number of rotatable bonds is 3. The predicted octanol–water partition coefficient (Wildman–Crippen LogP) is 5.85. The first-order valence-electron chi connectivity index (χ1n) is 10.0. The van der Waals surface area contributed by atoms with Crippen LogP contribution < -0.4 is 0 Å². The maximum absolute atomic E-state index is 12.4. The molecular formula is C24H31NO3. The van der Waals surface area contributed by atoms with Gasteiger partial charge in [0.05, 0.1) is 0 Å². The minimum absolute atomic E-state index is 0.139. The van der Waals surface area contributed by atoms with Crippen molar-refractivity contribution in [3.8, 4) is 11.1 Å². The van der Waals surface area contributed by atoms with Gasteiger partial charge in [0.1, 0.15) is 5.60 Å². The van der Waals surface area contributed by atoms with Gasteiger partial charge >= 0.3 is 6.09 Å². The normalized spacial score (nSPS) is 16.4. The second kappa shape index (κ2) is 9.54. The van der Waals surface area contributed by atoms with Gasteiger partial charge in [-0.1, -0.05) is 68.4 Å². The lowest BCUT2D eigenvalue weighted by Gasteiger charge is -2.27. The van der Waals surface area contributed by atoms with Crippen LogP contribution >= 0.6 is 0 Å². The molecule has 150 valence electrons. The van der Waals surface area contributed by atoms with Crippen molar-refractivity contribution in [2.75, 3.05) is 0 Å². The molecule has 1 saturated heterocycles. The summed E-state index contributed by atoms with van der Waals surface area (Å²) in [6.07, 6.45) is 1.19. The van der Waals surface area contributed by atoms with Crippen LogP contribution in [0, 0.1) is 0 Å². The summed E-state index contributed by atoms with van der Waals surface area (Å²) < 4.78 is 5.40. The van der Waals surface area contributed by atoms with Gasteiger partial charge in [0.25, 0.3) is 0 Å². The van der Waals surface area contributed by atoms with E-state index in [-0.39, 0.29) is 11.9 Å². The van der Waals surface area contributed by atoms with Crippen LogP contribution in [0.1, 0.15) is 53.0 Å². The maximum atomic E-state index is 12.4. The molecule has 0 saturated carbocycles. The third kappa shape index (κ3) is 5.69. The fraction of sp³-hybridized carbons (Fsp3) is 0.417. The monoisotopic (exact) mass is 381 g/mol. The zero-order chi connectivity index (χ0) is 20.7. The third-order valence-electron chi connectivity index (χ3n) is 4.45. The molecule has 2 aromatic carbocycles. The SMILES string of the molecule is CC.CC(C)(C)OC(=O)N1C(=O)CCC1Cc1ccc(-c2ccccc2)cc1. The number of carbonyl (C=O) groups excluding carboxylic acids is 2. The molecule has 2 aromatic rings. The van der Waals surface area contributed by atoms with E-state index in [1.807, 2.05) is 52.8 Å². The first-order chi connectivity index (χ1) is 13.3. The van der Waals surface area contributed by atoms with Crippen molar-refractivity contribution in [1.29, 1.82) is 0 Å². The molecular weight excluding hydrogens is 350 g/mol. The third-order valence-corrected chi connectivity index (χ3v) is 4.45. The molecule has 1 aliphatic rings. The molecule has 0 radical (unpaired) electrons. The zero-order valence-corrected chi connectivity index (χ0v) is 17.6. The van der Waals surface area contributed by atoms with E-state index in [1.54, 1.807) is 0 Å². The minimum atomic E-state index is -0.609. The van der Waals surface area contributed by atoms with Gasteiger partial charge in [0.2, 0.25) is 5.91 Å². The Balaban J connectivity index is 0.00000136. The second-order valence-corrected chi connectivity index (χ2v) is 7.70. The molecule has 1 fully saturated rings. The number of nitrogens with zero attached hydrogens (tertiary/aromatic N) is 1. The summed E-state index contributed by atoms with van der Waals surface area (Å²) >= 11 is 0. The molecule has 1 atom stereocenters. The van der Waals surface area contributed by atoms with Crippen LogP contribution in [0.15, 0.2) is 54.6 Å². The lowest BCUT2D eigenvalue weighted by atomic mass is 10.00. The highest BCUT2D eigenvalue weighted by Gasteiger charge is 2.38. The standard InChI is InChI=1S/C22H25NO3.C2H6/c1-22(2,3)26-21(25)23-19(13-14-20(23)24)15-16-9-11-18(12-10-16)17-7-5-4-6-8-17;1-2/h4-12,19H,13-15H2,1-3H3;1-2H3. The number of benzene rings is 2. The number of ether oxygens (including phenoxy) is 1. The molecule has 0 aromatic heterocycles. The summed E-state index contributed by atoms with van der Waals surface area (Å²) in [4.78, 5) is 25.9. The van der Waals surface area contributed by atoms with Gasteiger partial charge in [-0.05, 0) is 50.3 Å². The van der Waals surface area contributed by atoms with E-state index in [9.17, 15) is 9.59 Å². The van der Waals surface area contributed by atoms with Crippen LogP contribution in [-0.4, -0.2) is 28.5 Å². The summed E-state index contributed by atoms with van der Waals surface area (Å²) in [5.74, 6) is -0.148. The molecule has 1 heterocycles. The zero-order valence-electron chi connectivity index (χ0n) is 17.6. The first-order valence-corrected chi connectivity index (χ1v) is 10.0. The average molecular weight is 382 g/mol. The van der Waals surface area contributed by atoms with Crippen molar-refractivity contribution in [3.05, 3.63) is 60.2 Å². The largest absolute Gasteiger partial charge is 0.443 e. The molecule has 0 N–H and O–H groups in total. The van der Waals surface area contributed by atoms with E-state index < -0.39 is 11.7 Å². The Bertz CT molecular complexity index is 776. The van der Waals surface area contributed by atoms with E-state index in [0.717, 1.165) is 11.1 Å². The molecule has 4 heteroatoms. The number of hydrogen-bond acceptors (Lipinski definition) is 3. The topological polar surface area (TPSA) is 46.6 Å². The van der Waals surface area contributed by atoms with Crippen LogP contribution in [0.5, 0.6) is 0 Å². The summed E-state index contributed by atoms with van der Waals surface area (Å²) in [6, 6.07) is 18.4. The second-order valence-electron chi connectivity index (χ2n) is 7.70. The summed E-state index contributed by atoms with van der Waals surface area (Å²) in [5, 5.41) is 0. The van der Waals surface area contributed by atoms with Gasteiger partial charge in [-0.25, -0.2) is 9.69 Å². The van der Waals surface area contributed by atoms with Crippen molar-refractivity contribution in [2.45, 2.75) is 65.5 Å². The molecule has 0 bridgehead atoms. The smallest absolute Gasteiger partial charge is 0.417 e. The van der Waals surface area contributed by atoms with E-state index >= 15 is 0 Å². The molecule has 0 spiro atoms. The highest BCUT2D eigenvalue weighted by Crippen LogP contribution is 2.26. The Hall–Kier alpha value is -2.62. The lowest BCUT2D eigenvalue weighted by Crippen LogP contribution is -2.43. The van der Waals surface area contributed by atoms with Gasteiger partial charge in [-0.15, -0.1) is 0 Å². The van der Waals surface area contributed by atoms with Crippen molar-refractivity contribution in [3.63, 3.8) is 0 Å². The molecule has 4 nitrogen and oxygen atoms in total. The maximum Gasteiger partial charge on any atom is 0.417 e. The van der Waals surface area contributed by atoms with Gasteiger partial charge in [-0.3, -0.25) is 4.79 Å². The Kier molecular flexibility index (Phi) is 7.38. The van der Waals surface area contributed by atoms with Gasteiger partial charge in [-0.2, -0.15) is 0 Å². The van der Waals surface area contributed by atoms with Crippen molar-refractivity contribution in [1.82, 2.24) is 4.90 Å². The molecule has 3 rings (SSSR count). The van der Waals surface area contributed by atoms with E-state index in [0.29, 0.717) is 19.3 Å². The molecule has 2 amide bonds. The van der Waals surface area contributed by atoms with Crippen molar-refractivity contribution < 1.29 is 14.3 Å². The highest BCUT2D eigenvalue weighted by molar-refractivity contribution is 5.94. The quantitative estimate of drug-likeness (QED) is 0.670. The number of likely N-dealkylation sites (tertiary alicyclic amines) is 1. The summed E-state index contributed by atoms with van der Waals surface area (Å²) in [5.41, 5.74) is 2.83. The van der Waals surface area contributed by atoms with E-state index in [2.05, 4.69) is 36.4 Å². The highest BCUT2D eigenvalue weighted by atomic mass is 16.6. The Labute approximate surface area is 168 Å². The van der Waals surface area contributed by atoms with Crippen LogP contribution in [-0.2, 0) is 16.0 Å². The van der Waals surface area contributed by atoms with Crippen molar-refractivity contribution in [2.24, 2.45) is 0 Å². The van der Waals surface area contributed by atoms with Crippen LogP contribution in [0.4, 0.5) is 4.79 Å². The van der Waals surface area contributed by atoms with Gasteiger partial charge in [0, 0.05) is 12.5 Å². The molecule has 28 heavy (non-hydrogen) atoms. The van der Waals surface area contributed by atoms with Crippen LogP contribution in [0.25, 0.3) is 11.1 Å². The Morgan fingerprint density at radius 1 is 1.00 bits per heavy atom. The number of carbonyl (C=O) groups is 2. The predicted molar refractivity (Wildman–Crippen MR) is 113 cm³/mol. The van der Waals surface area contributed by atoms with Crippen LogP contribution in [0.2, 0.25) is 0 Å². The van der Waals surface area contributed by atoms with Crippen LogP contribution in [0.3, 0.4) is 0 Å². The fourth-order valence-corrected chi connectivity index (χ4v) is 3.23. The number of imide groups is 1. The molecule has 0 aliphatic carbocycles. The number of hydrogen-bond donors (Lipinski definition) is 0. The number of amides is 2. The lowest BCUT2D eigenvalue weighted by molar-refractivity contribution is -0.128. The first kappa shape index (κ1) is 21.7. The summed E-state index contributed by atoms with van der Waals surface area (Å²) in [6.45, 7) is 9.42. The van der Waals surface area contributed by atoms with Gasteiger partial charge in [0.15, 0.2) is 0 Å². The van der Waals surface area contributed by atoms with Gasteiger partial charge < -0.3 is 4.74 Å². The minimum Gasteiger partial charge on any atom is -0.443 e. The van der Waals surface area contributed by atoms with E-state index in [1.165, 1.54) is 10.5 Å².